The van der Waals surface area contributed by atoms with E-state index in [1.54, 1.807) is 17.1 Å². The van der Waals surface area contributed by atoms with Gasteiger partial charge in [-0.25, -0.2) is 4.79 Å². The molecule has 1 saturated heterocycles. The zero-order chi connectivity index (χ0) is 15.4. The van der Waals surface area contributed by atoms with E-state index in [2.05, 4.69) is 15.4 Å². The molecule has 3 heterocycles. The monoisotopic (exact) mass is 302 g/mol. The minimum atomic E-state index is -0.424. The Morgan fingerprint density at radius 1 is 1.50 bits per heavy atom. The van der Waals surface area contributed by atoms with E-state index in [1.807, 2.05) is 25.4 Å². The number of aromatic nitrogens is 3. The summed E-state index contributed by atoms with van der Waals surface area (Å²) in [4.78, 5) is 16.0. The fourth-order valence-corrected chi connectivity index (χ4v) is 2.23. The van der Waals surface area contributed by atoms with Gasteiger partial charge in [0, 0.05) is 38.0 Å². The first-order valence-electron chi connectivity index (χ1n) is 7.17. The largest absolute Gasteiger partial charge is 0.444 e. The zero-order valence-corrected chi connectivity index (χ0v) is 12.4. The standard InChI is InChI=1S/C15H18N4O3/c1-19-9-12(8-18-19)14-3-2-11(6-16-14)7-17-15(20)22-13-4-5-21-10-13/h2-3,6,8-9,13H,4-5,7,10H2,1H3,(H,17,20). The summed E-state index contributed by atoms with van der Waals surface area (Å²) in [5, 5.41) is 6.83. The average Bonchev–Trinajstić information content (AvgIpc) is 3.17. The molecule has 2 aromatic rings. The van der Waals surface area contributed by atoms with Crippen LogP contribution >= 0.6 is 0 Å². The lowest BCUT2D eigenvalue weighted by Crippen LogP contribution is -2.28. The summed E-state index contributed by atoms with van der Waals surface area (Å²) in [5.74, 6) is 0. The minimum absolute atomic E-state index is 0.133. The number of alkyl carbamates (subject to hydrolysis) is 1. The maximum atomic E-state index is 11.6. The van der Waals surface area contributed by atoms with Gasteiger partial charge >= 0.3 is 6.09 Å². The number of nitrogens with zero attached hydrogens (tertiary/aromatic N) is 3. The lowest BCUT2D eigenvalue weighted by atomic mass is 10.2. The van der Waals surface area contributed by atoms with E-state index in [0.29, 0.717) is 19.8 Å². The van der Waals surface area contributed by atoms with Crippen molar-refractivity contribution in [3.05, 3.63) is 36.3 Å². The topological polar surface area (TPSA) is 78.3 Å². The first kappa shape index (κ1) is 14.5. The molecule has 0 bridgehead atoms. The number of hydrogen-bond acceptors (Lipinski definition) is 5. The molecule has 0 saturated carbocycles. The van der Waals surface area contributed by atoms with E-state index in [1.165, 1.54) is 0 Å². The molecule has 1 amide bonds. The second-order valence-corrected chi connectivity index (χ2v) is 5.20. The van der Waals surface area contributed by atoms with Gasteiger partial charge in [-0.2, -0.15) is 5.10 Å². The van der Waals surface area contributed by atoms with Crippen LogP contribution in [0.1, 0.15) is 12.0 Å². The molecule has 7 heteroatoms. The number of carbonyl (C=O) groups is 1. The van der Waals surface area contributed by atoms with Crippen LogP contribution < -0.4 is 5.32 Å². The van der Waals surface area contributed by atoms with Crippen LogP contribution in [-0.4, -0.2) is 40.2 Å². The Labute approximate surface area is 128 Å². The first-order chi connectivity index (χ1) is 10.7. The lowest BCUT2D eigenvalue weighted by Gasteiger charge is -2.11. The van der Waals surface area contributed by atoms with Crippen LogP contribution in [0.3, 0.4) is 0 Å². The molecule has 1 aliphatic rings. The fourth-order valence-electron chi connectivity index (χ4n) is 2.23. The normalized spacial score (nSPS) is 17.4. The van der Waals surface area contributed by atoms with Gasteiger partial charge < -0.3 is 14.8 Å². The SMILES string of the molecule is Cn1cc(-c2ccc(CNC(=O)OC3CCOC3)cn2)cn1. The van der Waals surface area contributed by atoms with Crippen LogP contribution in [0.15, 0.2) is 30.7 Å². The Bertz CT molecular complexity index is 632. The average molecular weight is 302 g/mol. The number of aryl methyl sites for hydroxylation is 1. The van der Waals surface area contributed by atoms with Crippen molar-refractivity contribution >= 4 is 6.09 Å². The van der Waals surface area contributed by atoms with Gasteiger partial charge in [-0.3, -0.25) is 9.67 Å². The third-order valence-corrected chi connectivity index (χ3v) is 3.42. The number of carbonyl (C=O) groups excluding carboxylic acids is 1. The zero-order valence-electron chi connectivity index (χ0n) is 12.4. The molecule has 3 rings (SSSR count). The summed E-state index contributed by atoms with van der Waals surface area (Å²) < 4.78 is 12.1. The third kappa shape index (κ3) is 3.62. The molecule has 0 spiro atoms. The molecule has 0 aromatic carbocycles. The highest BCUT2D eigenvalue weighted by atomic mass is 16.6. The highest BCUT2D eigenvalue weighted by molar-refractivity contribution is 5.67. The molecule has 7 nitrogen and oxygen atoms in total. The van der Waals surface area contributed by atoms with Crippen molar-refractivity contribution in [3.8, 4) is 11.3 Å². The maximum Gasteiger partial charge on any atom is 0.407 e. The fraction of sp³-hybridized carbons (Fsp3) is 0.400. The molecular weight excluding hydrogens is 284 g/mol. The second kappa shape index (κ2) is 6.57. The Morgan fingerprint density at radius 2 is 2.41 bits per heavy atom. The number of rotatable bonds is 4. The van der Waals surface area contributed by atoms with E-state index in [9.17, 15) is 4.79 Å². The lowest BCUT2D eigenvalue weighted by molar-refractivity contribution is 0.0828. The van der Waals surface area contributed by atoms with E-state index in [0.717, 1.165) is 23.2 Å². The molecular formula is C15H18N4O3. The molecule has 2 aromatic heterocycles. The molecule has 116 valence electrons. The van der Waals surface area contributed by atoms with E-state index < -0.39 is 6.09 Å². The van der Waals surface area contributed by atoms with Crippen molar-refractivity contribution in [2.45, 2.75) is 19.1 Å². The van der Waals surface area contributed by atoms with Gasteiger partial charge in [0.2, 0.25) is 0 Å². The summed E-state index contributed by atoms with van der Waals surface area (Å²) in [5.41, 5.74) is 2.72. The van der Waals surface area contributed by atoms with Crippen molar-refractivity contribution in [3.63, 3.8) is 0 Å². The molecule has 1 atom stereocenters. The minimum Gasteiger partial charge on any atom is -0.444 e. The predicted molar refractivity (Wildman–Crippen MR) is 79.0 cm³/mol. The van der Waals surface area contributed by atoms with Gasteiger partial charge in [0.05, 0.1) is 25.1 Å². The smallest absolute Gasteiger partial charge is 0.407 e. The summed E-state index contributed by atoms with van der Waals surface area (Å²) >= 11 is 0. The van der Waals surface area contributed by atoms with Gasteiger partial charge in [0.15, 0.2) is 0 Å². The number of amides is 1. The summed E-state index contributed by atoms with van der Waals surface area (Å²) in [7, 11) is 1.86. The molecule has 1 aliphatic heterocycles. The van der Waals surface area contributed by atoms with Crippen LogP contribution in [0.25, 0.3) is 11.3 Å². The number of pyridine rings is 1. The van der Waals surface area contributed by atoms with Gasteiger partial charge in [-0.05, 0) is 11.6 Å². The molecule has 1 fully saturated rings. The van der Waals surface area contributed by atoms with Crippen LogP contribution in [0, 0.1) is 0 Å². The molecule has 1 unspecified atom stereocenters. The van der Waals surface area contributed by atoms with E-state index >= 15 is 0 Å². The van der Waals surface area contributed by atoms with E-state index in [-0.39, 0.29) is 6.10 Å². The van der Waals surface area contributed by atoms with Gasteiger partial charge in [0.25, 0.3) is 0 Å². The van der Waals surface area contributed by atoms with Crippen molar-refractivity contribution < 1.29 is 14.3 Å². The first-order valence-corrected chi connectivity index (χ1v) is 7.17. The van der Waals surface area contributed by atoms with Gasteiger partial charge in [-0.1, -0.05) is 6.07 Å². The van der Waals surface area contributed by atoms with Crippen LogP contribution in [0.5, 0.6) is 0 Å². The number of hydrogen-bond donors (Lipinski definition) is 1. The second-order valence-electron chi connectivity index (χ2n) is 5.20. The van der Waals surface area contributed by atoms with Crippen LogP contribution in [0.4, 0.5) is 4.79 Å². The third-order valence-electron chi connectivity index (χ3n) is 3.42. The van der Waals surface area contributed by atoms with Crippen molar-refractivity contribution in [2.75, 3.05) is 13.2 Å². The number of nitrogens with one attached hydrogen (secondary N) is 1. The van der Waals surface area contributed by atoms with Crippen LogP contribution in [-0.2, 0) is 23.1 Å². The molecule has 0 aliphatic carbocycles. The van der Waals surface area contributed by atoms with Crippen molar-refractivity contribution in [1.82, 2.24) is 20.1 Å². The Morgan fingerprint density at radius 3 is 3.05 bits per heavy atom. The quantitative estimate of drug-likeness (QED) is 0.926. The van der Waals surface area contributed by atoms with Gasteiger partial charge in [0.1, 0.15) is 6.10 Å². The van der Waals surface area contributed by atoms with Crippen molar-refractivity contribution in [1.29, 1.82) is 0 Å². The Hall–Kier alpha value is -2.41. The summed E-state index contributed by atoms with van der Waals surface area (Å²) in [6, 6.07) is 3.83. The molecule has 22 heavy (non-hydrogen) atoms. The van der Waals surface area contributed by atoms with Crippen LogP contribution in [0.2, 0.25) is 0 Å². The Balaban J connectivity index is 1.51. The summed E-state index contributed by atoms with van der Waals surface area (Å²) in [6.45, 7) is 1.51. The Kier molecular flexibility index (Phi) is 4.34. The highest BCUT2D eigenvalue weighted by Gasteiger charge is 2.19. The molecule has 0 radical (unpaired) electrons. The van der Waals surface area contributed by atoms with Gasteiger partial charge in [-0.15, -0.1) is 0 Å². The maximum absolute atomic E-state index is 11.6. The number of ether oxygens (including phenoxy) is 2. The van der Waals surface area contributed by atoms with E-state index in [4.69, 9.17) is 9.47 Å². The molecule has 1 N–H and O–H groups in total. The van der Waals surface area contributed by atoms with Crippen molar-refractivity contribution in [2.24, 2.45) is 7.05 Å². The predicted octanol–water partition coefficient (Wildman–Crippen LogP) is 1.50. The highest BCUT2D eigenvalue weighted by Crippen LogP contribution is 2.15. The summed E-state index contributed by atoms with van der Waals surface area (Å²) in [6.07, 6.45) is 5.61.